The summed E-state index contributed by atoms with van der Waals surface area (Å²) < 4.78 is 43.4. The Kier molecular flexibility index (Phi) is 10.9. The van der Waals surface area contributed by atoms with Gasteiger partial charge in [-0.2, -0.15) is 0 Å². The Morgan fingerprint density at radius 2 is 1.30 bits per heavy atom. The molecule has 0 unspecified atom stereocenters. The molecule has 1 N–H and O–H groups in total. The van der Waals surface area contributed by atoms with Gasteiger partial charge in [0.2, 0.25) is 6.79 Å². The Morgan fingerprint density at radius 3 is 1.74 bits per heavy atom. The lowest BCUT2D eigenvalue weighted by molar-refractivity contribution is -0.161. The van der Waals surface area contributed by atoms with Crippen molar-refractivity contribution in [3.05, 3.63) is 41.0 Å². The first-order valence-corrected chi connectivity index (χ1v) is 23.1. The summed E-state index contributed by atoms with van der Waals surface area (Å²) in [5, 5.41) is 10.8. The molecule has 0 amide bonds. The second-order valence-electron chi connectivity index (χ2n) is 17.6. The van der Waals surface area contributed by atoms with Crippen LogP contribution in [0, 0.1) is 17.3 Å². The van der Waals surface area contributed by atoms with Gasteiger partial charge in [0.25, 0.3) is 8.32 Å². The van der Waals surface area contributed by atoms with Crippen molar-refractivity contribution >= 4 is 28.6 Å². The zero-order chi connectivity index (χ0) is 37.8. The van der Waals surface area contributed by atoms with Crippen LogP contribution >= 0.6 is 0 Å². The molecular formula is C38H58O10Si2. The number of aliphatic carboxylic acids is 1. The van der Waals surface area contributed by atoms with E-state index in [9.17, 15) is 14.7 Å². The highest BCUT2D eigenvalue weighted by Crippen LogP contribution is 2.57. The van der Waals surface area contributed by atoms with Gasteiger partial charge < -0.3 is 37.6 Å². The molecule has 0 fully saturated rings. The lowest BCUT2D eigenvalue weighted by Crippen LogP contribution is -2.48. The number of carbonyl (C=O) groups is 2. The van der Waals surface area contributed by atoms with Gasteiger partial charge in [0, 0.05) is 11.8 Å². The number of hydrogen-bond donors (Lipinski definition) is 1. The second-order valence-corrected chi connectivity index (χ2v) is 27.1. The molecule has 4 rings (SSSR count). The van der Waals surface area contributed by atoms with Crippen LogP contribution in [0.3, 0.4) is 0 Å². The molecule has 0 saturated carbocycles. The monoisotopic (exact) mass is 730 g/mol. The molecule has 1 aliphatic carbocycles. The largest absolute Gasteiger partial charge is 0.539 e. The minimum atomic E-state index is -2.55. The van der Waals surface area contributed by atoms with Crippen molar-refractivity contribution in [2.45, 2.75) is 111 Å². The van der Waals surface area contributed by atoms with Gasteiger partial charge >= 0.3 is 11.9 Å². The molecule has 1 aliphatic heterocycles. The molecular weight excluding hydrogens is 673 g/mol. The molecule has 2 aromatic rings. The van der Waals surface area contributed by atoms with Crippen LogP contribution in [0.4, 0.5) is 0 Å². The SMILES string of the molecule is COc1cc([C@@H]2c3cc4c(cc3[C@@H](O[Si](C)(C)C(C)(C)C)[C@@H](C(=O)O)[C@@H]2COC(=O)C(C)(C)C)OCO4)cc(OC)c1O[Si](C)(C)C(C)(C)C. The van der Waals surface area contributed by atoms with E-state index in [-0.39, 0.29) is 23.5 Å². The van der Waals surface area contributed by atoms with E-state index in [0.29, 0.717) is 34.3 Å². The lowest BCUT2D eigenvalue weighted by Gasteiger charge is -2.47. The van der Waals surface area contributed by atoms with E-state index >= 15 is 0 Å². The topological polar surface area (TPSA) is 119 Å². The van der Waals surface area contributed by atoms with Gasteiger partial charge in [0.1, 0.15) is 0 Å². The van der Waals surface area contributed by atoms with Gasteiger partial charge in [-0.25, -0.2) is 0 Å². The summed E-state index contributed by atoms with van der Waals surface area (Å²) in [5.41, 5.74) is 1.43. The number of benzene rings is 2. The maximum Gasteiger partial charge on any atom is 0.311 e. The predicted molar refractivity (Wildman–Crippen MR) is 198 cm³/mol. The average molecular weight is 731 g/mol. The molecule has 12 heteroatoms. The van der Waals surface area contributed by atoms with Crippen molar-refractivity contribution in [2.75, 3.05) is 27.6 Å². The molecule has 10 nitrogen and oxygen atoms in total. The molecule has 278 valence electrons. The summed E-state index contributed by atoms with van der Waals surface area (Å²) in [6.07, 6.45) is -0.850. The van der Waals surface area contributed by atoms with E-state index in [4.69, 9.17) is 32.5 Å². The van der Waals surface area contributed by atoms with Gasteiger partial charge in [-0.05, 0) is 98.0 Å². The molecule has 0 bridgehead atoms. The van der Waals surface area contributed by atoms with Gasteiger partial charge in [-0.3, -0.25) is 9.59 Å². The molecule has 0 spiro atoms. The predicted octanol–water partition coefficient (Wildman–Crippen LogP) is 8.93. The van der Waals surface area contributed by atoms with E-state index in [1.165, 1.54) is 0 Å². The summed E-state index contributed by atoms with van der Waals surface area (Å²) in [4.78, 5) is 26.8. The maximum atomic E-state index is 13.6. The third-order valence-electron chi connectivity index (χ3n) is 11.0. The number of hydrogen-bond acceptors (Lipinski definition) is 9. The van der Waals surface area contributed by atoms with Crippen molar-refractivity contribution in [3.8, 4) is 28.7 Å². The number of fused-ring (bicyclic) bond motifs is 2. The molecule has 4 atom stereocenters. The second kappa shape index (κ2) is 13.7. The number of rotatable bonds is 10. The van der Waals surface area contributed by atoms with Crippen molar-refractivity contribution in [3.63, 3.8) is 0 Å². The zero-order valence-corrected chi connectivity index (χ0v) is 34.7. The number of carbonyl (C=O) groups excluding carboxylic acids is 1. The van der Waals surface area contributed by atoms with Gasteiger partial charge in [0.15, 0.2) is 37.1 Å². The minimum Gasteiger partial charge on any atom is -0.539 e. The van der Waals surface area contributed by atoms with Crippen LogP contribution in [0.15, 0.2) is 24.3 Å². The smallest absolute Gasteiger partial charge is 0.311 e. The Hall–Kier alpha value is -3.23. The van der Waals surface area contributed by atoms with Crippen molar-refractivity contribution in [2.24, 2.45) is 17.3 Å². The fourth-order valence-electron chi connectivity index (χ4n) is 5.89. The van der Waals surface area contributed by atoms with Crippen LogP contribution in [0.1, 0.15) is 91.0 Å². The van der Waals surface area contributed by atoms with Crippen LogP contribution in [0.25, 0.3) is 0 Å². The normalized spacial score (nSPS) is 20.9. The molecule has 2 aromatic carbocycles. The number of esters is 1. The molecule has 0 saturated heterocycles. The first-order chi connectivity index (χ1) is 22.8. The van der Waals surface area contributed by atoms with E-state index < -0.39 is 57.8 Å². The standard InChI is InChI=1S/C38H58O10Si2/c1-36(2,3)35(41)44-20-25-30(22-16-28(42-10)33(29(17-22)43-11)48-50(14,15)38(7,8)9)23-18-26-27(46-21-45-26)19-24(23)32(31(25)34(39)40)47-49(12,13)37(4,5)6/h16-19,25,30-32H,20-21H2,1-15H3,(H,39,40)/t25-,30-,31+,32-/m1/s1. The van der Waals surface area contributed by atoms with Crippen LogP contribution in [-0.4, -0.2) is 61.3 Å². The number of ether oxygens (including phenoxy) is 5. The molecule has 2 aliphatic rings. The molecule has 50 heavy (non-hydrogen) atoms. The summed E-state index contributed by atoms with van der Waals surface area (Å²) in [6, 6.07) is 7.55. The van der Waals surface area contributed by atoms with Crippen molar-refractivity contribution in [1.82, 2.24) is 0 Å². The maximum absolute atomic E-state index is 13.6. The third-order valence-corrected chi connectivity index (χ3v) is 19.8. The fraction of sp³-hybridized carbons (Fsp3) is 0.632. The summed E-state index contributed by atoms with van der Waals surface area (Å²) in [7, 11) is -1.73. The van der Waals surface area contributed by atoms with Crippen LogP contribution < -0.4 is 23.4 Å². The van der Waals surface area contributed by atoms with E-state index in [0.717, 1.165) is 11.1 Å². The molecule has 0 radical (unpaired) electrons. The Labute approximate surface area is 300 Å². The Bertz CT molecular complexity index is 1570. The lowest BCUT2D eigenvalue weighted by atomic mass is 9.65. The van der Waals surface area contributed by atoms with Crippen LogP contribution in [0.2, 0.25) is 36.3 Å². The quantitative estimate of drug-likeness (QED) is 0.188. The van der Waals surface area contributed by atoms with Crippen molar-refractivity contribution < 1.29 is 47.2 Å². The number of carboxylic acids is 1. The molecule has 1 heterocycles. The third kappa shape index (κ3) is 7.67. The Balaban J connectivity index is 2.03. The van der Waals surface area contributed by atoms with Gasteiger partial charge in [0.05, 0.1) is 38.3 Å². The minimum absolute atomic E-state index is 0.0484. The summed E-state index contributed by atoms with van der Waals surface area (Å²) in [6.45, 7) is 26.6. The van der Waals surface area contributed by atoms with E-state index in [1.54, 1.807) is 35.0 Å². The van der Waals surface area contributed by atoms with Crippen LogP contribution in [-0.2, 0) is 18.8 Å². The highest BCUT2D eigenvalue weighted by molar-refractivity contribution is 6.75. The first kappa shape index (κ1) is 39.6. The average Bonchev–Trinajstić information content (AvgIpc) is 3.44. The molecule has 0 aromatic heterocycles. The highest BCUT2D eigenvalue weighted by atomic mass is 28.4. The number of carboxylic acid groups (broad SMARTS) is 1. The summed E-state index contributed by atoms with van der Waals surface area (Å²) in [5.74, 6) is -1.40. The zero-order valence-electron chi connectivity index (χ0n) is 32.7. The summed E-state index contributed by atoms with van der Waals surface area (Å²) >= 11 is 0. The van der Waals surface area contributed by atoms with Crippen LogP contribution in [0.5, 0.6) is 28.7 Å². The van der Waals surface area contributed by atoms with Crippen molar-refractivity contribution in [1.29, 1.82) is 0 Å². The van der Waals surface area contributed by atoms with Gasteiger partial charge in [-0.15, -0.1) is 0 Å². The fourth-order valence-corrected chi connectivity index (χ4v) is 8.17. The number of methoxy groups -OCH3 is 2. The van der Waals surface area contributed by atoms with E-state index in [2.05, 4.69) is 67.7 Å². The van der Waals surface area contributed by atoms with Gasteiger partial charge in [-0.1, -0.05) is 41.5 Å². The highest BCUT2D eigenvalue weighted by Gasteiger charge is 2.53. The van der Waals surface area contributed by atoms with E-state index in [1.807, 2.05) is 24.3 Å². The Morgan fingerprint density at radius 1 is 0.800 bits per heavy atom. The first-order valence-electron chi connectivity index (χ1n) is 17.3.